The van der Waals surface area contributed by atoms with E-state index in [1.165, 1.54) is 0 Å². The third-order valence-electron chi connectivity index (χ3n) is 5.13. The van der Waals surface area contributed by atoms with Gasteiger partial charge in [-0.25, -0.2) is 4.98 Å². The first kappa shape index (κ1) is 18.9. The van der Waals surface area contributed by atoms with Crippen LogP contribution >= 0.6 is 0 Å². The molecular weight excluding hydrogens is 368 g/mol. The predicted octanol–water partition coefficient (Wildman–Crippen LogP) is 3.06. The number of aromatic nitrogens is 2. The van der Waals surface area contributed by atoms with Crippen molar-refractivity contribution in [3.63, 3.8) is 0 Å². The van der Waals surface area contributed by atoms with Crippen molar-refractivity contribution >= 4 is 28.8 Å². The first-order valence-electron chi connectivity index (χ1n) is 9.65. The quantitative estimate of drug-likeness (QED) is 0.633. The number of hydrogen-bond donors (Lipinski definition) is 2. The van der Waals surface area contributed by atoms with E-state index in [9.17, 15) is 14.4 Å². The van der Waals surface area contributed by atoms with Crippen molar-refractivity contribution in [3.8, 4) is 0 Å². The molecule has 0 fully saturated rings. The number of carbonyl (C=O) groups excluding carboxylic acids is 3. The van der Waals surface area contributed by atoms with Crippen LogP contribution in [-0.2, 0) is 4.79 Å². The summed E-state index contributed by atoms with van der Waals surface area (Å²) in [5.41, 5.74) is 2.53. The first-order valence-corrected chi connectivity index (χ1v) is 9.65. The summed E-state index contributed by atoms with van der Waals surface area (Å²) in [5, 5.41) is 2.99. The van der Waals surface area contributed by atoms with Gasteiger partial charge in [0.05, 0.1) is 28.2 Å². The second-order valence-electron chi connectivity index (χ2n) is 7.49. The van der Waals surface area contributed by atoms with Gasteiger partial charge in [-0.3, -0.25) is 19.3 Å². The monoisotopic (exact) mass is 390 g/mol. The number of aromatic amines is 1. The number of rotatable bonds is 6. The fraction of sp³-hybridized carbons (Fsp3) is 0.273. The Bertz CT molecular complexity index is 1030. The minimum atomic E-state index is -0.351. The Morgan fingerprint density at radius 2 is 1.66 bits per heavy atom. The number of imide groups is 1. The molecule has 2 heterocycles. The third-order valence-corrected chi connectivity index (χ3v) is 5.13. The summed E-state index contributed by atoms with van der Waals surface area (Å²) in [6, 6.07) is 14.1. The number of nitrogens with one attached hydrogen (secondary N) is 2. The summed E-state index contributed by atoms with van der Waals surface area (Å²) < 4.78 is 0. The minimum Gasteiger partial charge on any atom is -0.346 e. The van der Waals surface area contributed by atoms with Crippen LogP contribution in [0.4, 0.5) is 0 Å². The molecule has 3 aromatic rings. The first-order chi connectivity index (χ1) is 14.0. The lowest BCUT2D eigenvalue weighted by Gasteiger charge is -2.21. The predicted molar refractivity (Wildman–Crippen MR) is 108 cm³/mol. The zero-order valence-electron chi connectivity index (χ0n) is 16.3. The van der Waals surface area contributed by atoms with E-state index >= 15 is 0 Å². The van der Waals surface area contributed by atoms with Crippen LogP contribution in [0.2, 0.25) is 0 Å². The molecule has 29 heavy (non-hydrogen) atoms. The molecule has 148 valence electrons. The summed E-state index contributed by atoms with van der Waals surface area (Å²) in [5.74, 6) is -0.137. The average molecular weight is 390 g/mol. The molecule has 1 atom stereocenters. The fourth-order valence-corrected chi connectivity index (χ4v) is 3.57. The highest BCUT2D eigenvalue weighted by atomic mass is 16.2. The van der Waals surface area contributed by atoms with Crippen LogP contribution in [0.5, 0.6) is 0 Å². The smallest absolute Gasteiger partial charge is 0.261 e. The lowest BCUT2D eigenvalue weighted by Crippen LogP contribution is -2.37. The molecule has 0 saturated heterocycles. The molecule has 0 aliphatic carbocycles. The number of carbonyl (C=O) groups is 3. The number of nitrogens with zero attached hydrogens (tertiary/aromatic N) is 2. The van der Waals surface area contributed by atoms with Crippen molar-refractivity contribution in [2.24, 2.45) is 5.92 Å². The lowest BCUT2D eigenvalue weighted by molar-refractivity contribution is -0.122. The number of para-hydroxylation sites is 2. The Labute approximate surface area is 168 Å². The molecule has 0 spiro atoms. The standard InChI is InChI=1S/C22H22N4O3/c1-13(2)19(20-23-16-9-5-6-10-17(16)24-20)25-18(27)11-12-26-21(28)14-7-3-4-8-15(14)22(26)29/h3-10,13,19H,11-12H2,1-2H3,(H,23,24)(H,25,27). The van der Waals surface area contributed by atoms with Crippen LogP contribution in [0.3, 0.4) is 0 Å². The van der Waals surface area contributed by atoms with E-state index in [0.717, 1.165) is 15.9 Å². The van der Waals surface area contributed by atoms with Gasteiger partial charge in [0, 0.05) is 13.0 Å². The summed E-state index contributed by atoms with van der Waals surface area (Å²) in [6.45, 7) is 4.05. The molecule has 2 N–H and O–H groups in total. The Morgan fingerprint density at radius 3 is 2.28 bits per heavy atom. The number of H-pyrrole nitrogens is 1. The van der Waals surface area contributed by atoms with E-state index < -0.39 is 0 Å². The zero-order valence-corrected chi connectivity index (χ0v) is 16.3. The molecule has 0 radical (unpaired) electrons. The molecule has 0 bridgehead atoms. The number of hydrogen-bond acceptors (Lipinski definition) is 4. The second kappa shape index (κ2) is 7.50. The van der Waals surface area contributed by atoms with E-state index in [-0.39, 0.29) is 42.6 Å². The van der Waals surface area contributed by atoms with Gasteiger partial charge in [-0.1, -0.05) is 38.1 Å². The number of fused-ring (bicyclic) bond motifs is 2. The topological polar surface area (TPSA) is 95.2 Å². The average Bonchev–Trinajstić information content (AvgIpc) is 3.24. The van der Waals surface area contributed by atoms with Crippen LogP contribution in [0, 0.1) is 5.92 Å². The van der Waals surface area contributed by atoms with Crippen molar-refractivity contribution in [3.05, 3.63) is 65.5 Å². The highest BCUT2D eigenvalue weighted by Gasteiger charge is 2.35. The van der Waals surface area contributed by atoms with Crippen molar-refractivity contribution in [1.29, 1.82) is 0 Å². The number of imidazole rings is 1. The normalized spacial score (nSPS) is 14.5. The highest BCUT2D eigenvalue weighted by Crippen LogP contribution is 2.24. The molecule has 0 saturated carbocycles. The molecule has 1 aliphatic heterocycles. The maximum Gasteiger partial charge on any atom is 0.261 e. The number of amides is 3. The molecule has 1 unspecified atom stereocenters. The van der Waals surface area contributed by atoms with Gasteiger partial charge >= 0.3 is 0 Å². The van der Waals surface area contributed by atoms with Gasteiger partial charge in [0.2, 0.25) is 5.91 Å². The van der Waals surface area contributed by atoms with Crippen LogP contribution in [0.25, 0.3) is 11.0 Å². The van der Waals surface area contributed by atoms with E-state index in [1.807, 2.05) is 38.1 Å². The van der Waals surface area contributed by atoms with Gasteiger partial charge in [-0.15, -0.1) is 0 Å². The third kappa shape index (κ3) is 3.51. The maximum absolute atomic E-state index is 12.6. The second-order valence-corrected chi connectivity index (χ2v) is 7.49. The molecule has 1 aliphatic rings. The van der Waals surface area contributed by atoms with Crippen LogP contribution < -0.4 is 5.32 Å². The van der Waals surface area contributed by atoms with Gasteiger partial charge < -0.3 is 10.3 Å². The van der Waals surface area contributed by atoms with Gasteiger partial charge in [0.15, 0.2) is 0 Å². The summed E-state index contributed by atoms with van der Waals surface area (Å²) in [7, 11) is 0. The summed E-state index contributed by atoms with van der Waals surface area (Å²) in [4.78, 5) is 46.4. The maximum atomic E-state index is 12.6. The van der Waals surface area contributed by atoms with Crippen molar-refractivity contribution in [1.82, 2.24) is 20.2 Å². The minimum absolute atomic E-state index is 0.0366. The van der Waals surface area contributed by atoms with Gasteiger partial charge in [-0.05, 0) is 30.2 Å². The molecule has 7 heteroatoms. The van der Waals surface area contributed by atoms with Crippen molar-refractivity contribution in [2.45, 2.75) is 26.3 Å². The highest BCUT2D eigenvalue weighted by molar-refractivity contribution is 6.21. The zero-order chi connectivity index (χ0) is 20.5. The van der Waals surface area contributed by atoms with Crippen LogP contribution in [0.1, 0.15) is 52.9 Å². The van der Waals surface area contributed by atoms with E-state index in [0.29, 0.717) is 17.0 Å². The molecule has 7 nitrogen and oxygen atoms in total. The van der Waals surface area contributed by atoms with Gasteiger partial charge in [0.25, 0.3) is 11.8 Å². The largest absolute Gasteiger partial charge is 0.346 e. The van der Waals surface area contributed by atoms with Gasteiger partial charge in [0.1, 0.15) is 5.82 Å². The lowest BCUT2D eigenvalue weighted by atomic mass is 10.0. The number of benzene rings is 2. The van der Waals surface area contributed by atoms with E-state index in [1.54, 1.807) is 24.3 Å². The molecular formula is C22H22N4O3. The van der Waals surface area contributed by atoms with E-state index in [2.05, 4.69) is 15.3 Å². The van der Waals surface area contributed by atoms with Crippen molar-refractivity contribution < 1.29 is 14.4 Å². The molecule has 2 aromatic carbocycles. The van der Waals surface area contributed by atoms with Crippen LogP contribution in [0.15, 0.2) is 48.5 Å². The molecule has 1 aromatic heterocycles. The summed E-state index contributed by atoms with van der Waals surface area (Å²) in [6.07, 6.45) is 0.0366. The Balaban J connectivity index is 1.43. The molecule has 3 amide bonds. The van der Waals surface area contributed by atoms with Crippen LogP contribution in [-0.4, -0.2) is 39.1 Å². The SMILES string of the molecule is CC(C)C(NC(=O)CCN1C(=O)c2ccccc2C1=O)c1nc2ccccc2[nH]1. The Hall–Kier alpha value is -3.48. The Kier molecular flexibility index (Phi) is 4.88. The fourth-order valence-electron chi connectivity index (χ4n) is 3.57. The molecule has 4 rings (SSSR count). The van der Waals surface area contributed by atoms with E-state index in [4.69, 9.17) is 0 Å². The van der Waals surface area contributed by atoms with Gasteiger partial charge in [-0.2, -0.15) is 0 Å². The summed E-state index contributed by atoms with van der Waals surface area (Å²) >= 11 is 0. The van der Waals surface area contributed by atoms with Crippen molar-refractivity contribution in [2.75, 3.05) is 6.54 Å². The Morgan fingerprint density at radius 1 is 1.03 bits per heavy atom.